The highest BCUT2D eigenvalue weighted by Crippen LogP contribution is 2.40. The number of nitrogens with one attached hydrogen (secondary N) is 1. The fourth-order valence-corrected chi connectivity index (χ4v) is 3.41. The first-order chi connectivity index (χ1) is 9.79. The molecule has 110 valence electrons. The smallest absolute Gasteiger partial charge is 0.250 e. The van der Waals surface area contributed by atoms with Crippen LogP contribution in [0.5, 0.6) is 5.75 Å². The Morgan fingerprint density at radius 1 is 0.905 bits per heavy atom. The molecule has 0 unspecified atom stereocenters. The number of hydrogen-bond acceptors (Lipinski definition) is 1. The molecule has 0 atom stereocenters. The van der Waals surface area contributed by atoms with Crippen LogP contribution in [0.1, 0.15) is 20.8 Å². The first-order valence-corrected chi connectivity index (χ1v) is 10.4. The Kier molecular flexibility index (Phi) is 3.13. The van der Waals surface area contributed by atoms with E-state index in [-0.39, 0.29) is 5.04 Å². The highest BCUT2D eigenvalue weighted by molar-refractivity contribution is 6.74. The third kappa shape index (κ3) is 2.36. The summed E-state index contributed by atoms with van der Waals surface area (Å²) in [5.41, 5.74) is 2.31. The van der Waals surface area contributed by atoms with Crippen LogP contribution in [-0.2, 0) is 0 Å². The molecule has 0 spiro atoms. The van der Waals surface area contributed by atoms with Gasteiger partial charge in [-0.3, -0.25) is 0 Å². The molecule has 0 aliphatic carbocycles. The zero-order chi connectivity index (χ0) is 15.3. The van der Waals surface area contributed by atoms with Gasteiger partial charge in [-0.1, -0.05) is 45.0 Å². The third-order valence-electron chi connectivity index (χ3n) is 4.66. The molecule has 0 radical (unpaired) electrons. The Morgan fingerprint density at radius 2 is 1.57 bits per heavy atom. The minimum atomic E-state index is -1.84. The molecule has 3 aromatic rings. The van der Waals surface area contributed by atoms with Gasteiger partial charge in [0.1, 0.15) is 5.75 Å². The van der Waals surface area contributed by atoms with Crippen molar-refractivity contribution in [1.29, 1.82) is 0 Å². The Morgan fingerprint density at radius 3 is 2.29 bits per heavy atom. The highest BCUT2D eigenvalue weighted by Gasteiger charge is 2.39. The molecule has 21 heavy (non-hydrogen) atoms. The summed E-state index contributed by atoms with van der Waals surface area (Å²) in [6, 6.07) is 14.7. The molecular weight excluding hydrogens is 274 g/mol. The summed E-state index contributed by atoms with van der Waals surface area (Å²) >= 11 is 0. The second kappa shape index (κ2) is 4.63. The van der Waals surface area contributed by atoms with Gasteiger partial charge in [0.05, 0.1) is 5.52 Å². The van der Waals surface area contributed by atoms with E-state index in [4.69, 9.17) is 4.43 Å². The number of hydrogen-bond donors (Lipinski definition) is 1. The number of fused-ring (bicyclic) bond motifs is 3. The molecule has 1 heterocycles. The molecular formula is C18H23NOSi. The number of rotatable bonds is 2. The van der Waals surface area contributed by atoms with Crippen molar-refractivity contribution < 1.29 is 4.43 Å². The summed E-state index contributed by atoms with van der Waals surface area (Å²) < 4.78 is 6.56. The molecule has 0 fully saturated rings. The van der Waals surface area contributed by atoms with Gasteiger partial charge in [-0.25, -0.2) is 0 Å². The molecule has 0 aliphatic rings. The van der Waals surface area contributed by atoms with Crippen molar-refractivity contribution in [2.75, 3.05) is 0 Å². The van der Waals surface area contributed by atoms with E-state index < -0.39 is 8.32 Å². The van der Waals surface area contributed by atoms with Crippen LogP contribution in [-0.4, -0.2) is 13.3 Å². The van der Waals surface area contributed by atoms with E-state index >= 15 is 0 Å². The average molecular weight is 297 g/mol. The maximum Gasteiger partial charge on any atom is 0.250 e. The maximum absolute atomic E-state index is 6.56. The minimum absolute atomic E-state index is 0.196. The fourth-order valence-electron chi connectivity index (χ4n) is 2.38. The summed E-state index contributed by atoms with van der Waals surface area (Å²) in [4.78, 5) is 3.48. The first-order valence-electron chi connectivity index (χ1n) is 7.48. The van der Waals surface area contributed by atoms with E-state index in [9.17, 15) is 0 Å². The number of aromatic nitrogens is 1. The van der Waals surface area contributed by atoms with Crippen molar-refractivity contribution in [3.63, 3.8) is 0 Å². The summed E-state index contributed by atoms with van der Waals surface area (Å²) in [6.07, 6.45) is 0. The largest absolute Gasteiger partial charge is 0.543 e. The van der Waals surface area contributed by atoms with Crippen molar-refractivity contribution in [1.82, 2.24) is 4.98 Å². The van der Waals surface area contributed by atoms with Crippen LogP contribution in [0.15, 0.2) is 42.5 Å². The van der Waals surface area contributed by atoms with E-state index in [1.54, 1.807) is 0 Å². The van der Waals surface area contributed by atoms with Crippen LogP contribution in [0.4, 0.5) is 0 Å². The summed E-state index contributed by atoms with van der Waals surface area (Å²) in [5, 5.41) is 2.64. The van der Waals surface area contributed by atoms with E-state index in [0.717, 1.165) is 11.3 Å². The molecule has 3 heteroatoms. The van der Waals surface area contributed by atoms with Gasteiger partial charge < -0.3 is 9.41 Å². The van der Waals surface area contributed by atoms with Gasteiger partial charge in [-0.05, 0) is 36.3 Å². The van der Waals surface area contributed by atoms with Gasteiger partial charge in [0, 0.05) is 16.3 Å². The first kappa shape index (κ1) is 14.2. The normalized spacial score (nSPS) is 13.0. The van der Waals surface area contributed by atoms with E-state index in [1.807, 2.05) is 0 Å². The molecule has 0 saturated heterocycles. The van der Waals surface area contributed by atoms with Crippen LogP contribution in [0.3, 0.4) is 0 Å². The third-order valence-corrected chi connectivity index (χ3v) is 9.01. The molecule has 1 N–H and O–H groups in total. The minimum Gasteiger partial charge on any atom is -0.543 e. The quantitative estimate of drug-likeness (QED) is 0.602. The fraction of sp³-hybridized carbons (Fsp3) is 0.333. The van der Waals surface area contributed by atoms with Crippen LogP contribution in [0.2, 0.25) is 18.1 Å². The van der Waals surface area contributed by atoms with Crippen molar-refractivity contribution in [3.8, 4) is 5.75 Å². The lowest BCUT2D eigenvalue weighted by atomic mass is 10.1. The van der Waals surface area contributed by atoms with Crippen LogP contribution < -0.4 is 4.43 Å². The van der Waals surface area contributed by atoms with E-state index in [2.05, 4.69) is 81.3 Å². The van der Waals surface area contributed by atoms with Gasteiger partial charge in [-0.15, -0.1) is 0 Å². The van der Waals surface area contributed by atoms with Crippen molar-refractivity contribution in [2.45, 2.75) is 38.9 Å². The molecule has 1 aromatic heterocycles. The number of benzene rings is 2. The monoisotopic (exact) mass is 297 g/mol. The topological polar surface area (TPSA) is 25.0 Å². The van der Waals surface area contributed by atoms with Gasteiger partial charge in [0.25, 0.3) is 8.32 Å². The second-order valence-electron chi connectivity index (χ2n) is 7.21. The van der Waals surface area contributed by atoms with E-state index in [0.29, 0.717) is 0 Å². The Hall–Kier alpha value is -1.74. The van der Waals surface area contributed by atoms with Gasteiger partial charge in [0.15, 0.2) is 0 Å². The molecule has 0 amide bonds. The molecule has 3 rings (SSSR count). The maximum atomic E-state index is 6.56. The SMILES string of the molecule is CC(C)(C)[Si](C)(C)Oc1cccc2[nH]c3ccccc3c12. The molecule has 2 aromatic carbocycles. The van der Waals surface area contributed by atoms with Crippen molar-refractivity contribution in [3.05, 3.63) is 42.5 Å². The van der Waals surface area contributed by atoms with E-state index in [1.165, 1.54) is 16.3 Å². The average Bonchev–Trinajstić information content (AvgIpc) is 2.76. The summed E-state index contributed by atoms with van der Waals surface area (Å²) in [6.45, 7) is 11.4. The molecule has 0 saturated carbocycles. The lowest BCUT2D eigenvalue weighted by Gasteiger charge is -2.36. The number of para-hydroxylation sites is 1. The Labute approximate surface area is 127 Å². The zero-order valence-electron chi connectivity index (χ0n) is 13.4. The predicted molar refractivity (Wildman–Crippen MR) is 93.6 cm³/mol. The summed E-state index contributed by atoms with van der Waals surface area (Å²) in [5.74, 6) is 1.01. The van der Waals surface area contributed by atoms with Gasteiger partial charge >= 0.3 is 0 Å². The molecule has 0 bridgehead atoms. The summed E-state index contributed by atoms with van der Waals surface area (Å²) in [7, 11) is -1.84. The van der Waals surface area contributed by atoms with Crippen LogP contribution in [0, 0.1) is 0 Å². The van der Waals surface area contributed by atoms with Gasteiger partial charge in [-0.2, -0.15) is 0 Å². The standard InChI is InChI=1S/C18H23NOSi/c1-18(2,3)21(4,5)20-16-12-8-11-15-17(16)13-9-6-7-10-14(13)19-15/h6-12,19H,1-5H3. The highest BCUT2D eigenvalue weighted by atomic mass is 28.4. The molecule has 2 nitrogen and oxygen atoms in total. The van der Waals surface area contributed by atoms with Crippen molar-refractivity contribution in [2.24, 2.45) is 0 Å². The van der Waals surface area contributed by atoms with Crippen LogP contribution in [0.25, 0.3) is 21.8 Å². The predicted octanol–water partition coefficient (Wildman–Crippen LogP) is 5.71. The van der Waals surface area contributed by atoms with Crippen molar-refractivity contribution >= 4 is 30.1 Å². The Balaban J connectivity index is 2.19. The molecule has 0 aliphatic heterocycles. The number of H-pyrrole nitrogens is 1. The second-order valence-corrected chi connectivity index (χ2v) is 11.9. The Bertz CT molecular complexity index is 796. The van der Waals surface area contributed by atoms with Gasteiger partial charge in [0.2, 0.25) is 0 Å². The number of aromatic amines is 1. The lowest BCUT2D eigenvalue weighted by Crippen LogP contribution is -2.43. The van der Waals surface area contributed by atoms with Crippen LogP contribution >= 0.6 is 0 Å². The lowest BCUT2D eigenvalue weighted by molar-refractivity contribution is 0.497. The zero-order valence-corrected chi connectivity index (χ0v) is 14.4.